The van der Waals surface area contributed by atoms with Crippen LogP contribution in [0.2, 0.25) is 0 Å². The molecule has 0 saturated carbocycles. The predicted octanol–water partition coefficient (Wildman–Crippen LogP) is 4.00. The van der Waals surface area contributed by atoms with E-state index in [2.05, 4.69) is 42.0 Å². The number of hydrogen-bond acceptors (Lipinski definition) is 6. The van der Waals surface area contributed by atoms with Crippen LogP contribution in [0, 0.1) is 12.8 Å². The summed E-state index contributed by atoms with van der Waals surface area (Å²) in [4.78, 5) is 0. The van der Waals surface area contributed by atoms with Gasteiger partial charge in [-0.25, -0.2) is 0 Å². The number of anilines is 1. The molecule has 0 aliphatic heterocycles. The lowest BCUT2D eigenvalue weighted by molar-refractivity contribution is 0.185. The summed E-state index contributed by atoms with van der Waals surface area (Å²) in [6.07, 6.45) is 0.740. The Morgan fingerprint density at radius 1 is 1.35 bits per heavy atom. The van der Waals surface area contributed by atoms with Crippen molar-refractivity contribution in [1.29, 1.82) is 0 Å². The number of benzene rings is 1. The summed E-state index contributed by atoms with van der Waals surface area (Å²) in [5, 5.41) is 13.0. The monoisotopic (exact) mass is 333 g/mol. The van der Waals surface area contributed by atoms with Gasteiger partial charge in [0, 0.05) is 6.42 Å². The van der Waals surface area contributed by atoms with Gasteiger partial charge in [0.1, 0.15) is 10.8 Å². The first-order chi connectivity index (χ1) is 11.0. The van der Waals surface area contributed by atoms with Crippen molar-refractivity contribution in [3.8, 4) is 5.75 Å². The van der Waals surface area contributed by atoms with Crippen molar-refractivity contribution >= 4 is 16.5 Å². The van der Waals surface area contributed by atoms with Gasteiger partial charge in [0.15, 0.2) is 5.88 Å². The van der Waals surface area contributed by atoms with E-state index >= 15 is 0 Å². The van der Waals surface area contributed by atoms with E-state index in [4.69, 9.17) is 9.47 Å². The highest BCUT2D eigenvalue weighted by Gasteiger charge is 2.08. The van der Waals surface area contributed by atoms with Crippen LogP contribution in [-0.2, 0) is 11.2 Å². The second-order valence-corrected chi connectivity index (χ2v) is 6.80. The van der Waals surface area contributed by atoms with Crippen LogP contribution in [0.15, 0.2) is 30.7 Å². The van der Waals surface area contributed by atoms with Crippen molar-refractivity contribution in [2.45, 2.75) is 27.2 Å². The summed E-state index contributed by atoms with van der Waals surface area (Å²) in [6.45, 7) is 10.7. The summed E-state index contributed by atoms with van der Waals surface area (Å²) in [7, 11) is 1.68. The minimum atomic E-state index is 0.455. The highest BCUT2D eigenvalue weighted by Crippen LogP contribution is 2.23. The Kier molecular flexibility index (Phi) is 5.98. The molecule has 5 nitrogen and oxygen atoms in total. The SMILES string of the molecule is C=C(Nc1nnc(Cc2ccc(OC)c(C)c2)s1)OCC(C)C. The average Bonchev–Trinajstić information content (AvgIpc) is 2.92. The molecule has 124 valence electrons. The van der Waals surface area contributed by atoms with Gasteiger partial charge in [0.05, 0.1) is 13.7 Å². The van der Waals surface area contributed by atoms with E-state index in [1.54, 1.807) is 7.11 Å². The molecule has 1 aromatic heterocycles. The zero-order valence-corrected chi connectivity index (χ0v) is 14.9. The first-order valence-corrected chi connectivity index (χ1v) is 8.34. The Bertz CT molecular complexity index is 668. The van der Waals surface area contributed by atoms with Gasteiger partial charge in [-0.15, -0.1) is 10.2 Å². The van der Waals surface area contributed by atoms with Gasteiger partial charge in [-0.1, -0.05) is 37.3 Å². The fourth-order valence-corrected chi connectivity index (χ4v) is 2.81. The van der Waals surface area contributed by atoms with E-state index in [0.717, 1.165) is 22.7 Å². The maximum Gasteiger partial charge on any atom is 0.212 e. The summed E-state index contributed by atoms with van der Waals surface area (Å²) in [6, 6.07) is 6.13. The average molecular weight is 333 g/mol. The summed E-state index contributed by atoms with van der Waals surface area (Å²) in [5.41, 5.74) is 2.30. The number of hydrogen-bond donors (Lipinski definition) is 1. The van der Waals surface area contributed by atoms with Crippen LogP contribution in [0.1, 0.15) is 30.0 Å². The molecule has 0 atom stereocenters. The van der Waals surface area contributed by atoms with E-state index in [0.29, 0.717) is 23.5 Å². The van der Waals surface area contributed by atoms with Gasteiger partial charge in [-0.05, 0) is 36.6 Å². The van der Waals surface area contributed by atoms with Gasteiger partial charge in [0.2, 0.25) is 5.13 Å². The van der Waals surface area contributed by atoms with Gasteiger partial charge in [0.25, 0.3) is 0 Å². The van der Waals surface area contributed by atoms with E-state index < -0.39 is 0 Å². The van der Waals surface area contributed by atoms with Gasteiger partial charge in [-0.3, -0.25) is 0 Å². The lowest BCUT2D eigenvalue weighted by atomic mass is 10.1. The van der Waals surface area contributed by atoms with Crippen molar-refractivity contribution in [2.75, 3.05) is 19.0 Å². The Hall–Kier alpha value is -2.08. The third-order valence-corrected chi connectivity index (χ3v) is 3.96. The van der Waals surface area contributed by atoms with Crippen molar-refractivity contribution in [1.82, 2.24) is 10.2 Å². The van der Waals surface area contributed by atoms with E-state index in [9.17, 15) is 0 Å². The van der Waals surface area contributed by atoms with Gasteiger partial charge >= 0.3 is 0 Å². The van der Waals surface area contributed by atoms with Crippen LogP contribution in [0.25, 0.3) is 0 Å². The molecule has 23 heavy (non-hydrogen) atoms. The zero-order valence-electron chi connectivity index (χ0n) is 14.0. The summed E-state index contributed by atoms with van der Waals surface area (Å²) < 4.78 is 10.8. The molecule has 1 aromatic carbocycles. The quantitative estimate of drug-likeness (QED) is 0.740. The third-order valence-electron chi connectivity index (χ3n) is 3.12. The standard InChI is InChI=1S/C17H23N3O2S/c1-11(2)10-22-13(4)18-17-20-19-16(23-17)9-14-6-7-15(21-5)12(3)8-14/h6-8,11H,4,9-10H2,1-3,5H3,(H,18,20). The topological polar surface area (TPSA) is 56.3 Å². The molecule has 0 saturated heterocycles. The molecule has 2 rings (SSSR count). The molecule has 0 bridgehead atoms. The van der Waals surface area contributed by atoms with Crippen molar-refractivity contribution < 1.29 is 9.47 Å². The molecule has 1 N–H and O–H groups in total. The van der Waals surface area contributed by atoms with Crippen LogP contribution < -0.4 is 10.1 Å². The molecule has 6 heteroatoms. The van der Waals surface area contributed by atoms with Gasteiger partial charge < -0.3 is 14.8 Å². The normalized spacial score (nSPS) is 10.7. The number of rotatable bonds is 8. The molecule has 0 fully saturated rings. The third kappa shape index (κ3) is 5.25. The molecule has 0 aliphatic carbocycles. The Balaban J connectivity index is 1.94. The molecule has 1 heterocycles. The number of aromatic nitrogens is 2. The van der Waals surface area contributed by atoms with Gasteiger partial charge in [-0.2, -0.15) is 0 Å². The molecular formula is C17H23N3O2S. The Labute approximate surface area is 141 Å². The number of nitrogens with zero attached hydrogens (tertiary/aromatic N) is 2. The lowest BCUT2D eigenvalue weighted by Gasteiger charge is -2.10. The first-order valence-electron chi connectivity index (χ1n) is 7.52. The summed E-state index contributed by atoms with van der Waals surface area (Å²) >= 11 is 1.50. The van der Waals surface area contributed by atoms with Crippen LogP contribution in [0.3, 0.4) is 0 Å². The Morgan fingerprint density at radius 3 is 2.78 bits per heavy atom. The summed E-state index contributed by atoms with van der Waals surface area (Å²) in [5.74, 6) is 1.85. The van der Waals surface area contributed by atoms with Crippen LogP contribution in [-0.4, -0.2) is 23.9 Å². The first kappa shape index (κ1) is 17.3. The van der Waals surface area contributed by atoms with Crippen LogP contribution in [0.5, 0.6) is 5.75 Å². The molecule has 0 radical (unpaired) electrons. The number of aryl methyl sites for hydroxylation is 1. The maximum absolute atomic E-state index is 5.50. The minimum absolute atomic E-state index is 0.455. The predicted molar refractivity (Wildman–Crippen MR) is 94.0 cm³/mol. The molecule has 0 aliphatic rings. The Morgan fingerprint density at radius 2 is 2.13 bits per heavy atom. The smallest absolute Gasteiger partial charge is 0.212 e. The van der Waals surface area contributed by atoms with E-state index in [-0.39, 0.29) is 0 Å². The fourth-order valence-electron chi connectivity index (χ4n) is 2.02. The van der Waals surface area contributed by atoms with E-state index in [1.807, 2.05) is 19.1 Å². The fraction of sp³-hybridized carbons (Fsp3) is 0.412. The highest BCUT2D eigenvalue weighted by atomic mass is 32.1. The second kappa shape index (κ2) is 7.97. The second-order valence-electron chi connectivity index (χ2n) is 5.73. The van der Waals surface area contributed by atoms with Crippen LogP contribution >= 0.6 is 11.3 Å². The number of nitrogens with one attached hydrogen (secondary N) is 1. The van der Waals surface area contributed by atoms with Crippen molar-refractivity contribution in [3.05, 3.63) is 46.8 Å². The largest absolute Gasteiger partial charge is 0.496 e. The molecule has 0 amide bonds. The molecular weight excluding hydrogens is 310 g/mol. The van der Waals surface area contributed by atoms with Crippen molar-refractivity contribution in [3.63, 3.8) is 0 Å². The number of methoxy groups -OCH3 is 1. The molecule has 0 unspecified atom stereocenters. The molecule has 2 aromatic rings. The van der Waals surface area contributed by atoms with Crippen molar-refractivity contribution in [2.24, 2.45) is 5.92 Å². The molecule has 0 spiro atoms. The van der Waals surface area contributed by atoms with Crippen LogP contribution in [0.4, 0.5) is 5.13 Å². The minimum Gasteiger partial charge on any atom is -0.496 e. The lowest BCUT2D eigenvalue weighted by Crippen LogP contribution is -2.07. The van der Waals surface area contributed by atoms with E-state index in [1.165, 1.54) is 16.9 Å². The zero-order chi connectivity index (χ0) is 16.8. The highest BCUT2D eigenvalue weighted by molar-refractivity contribution is 7.15. The number of ether oxygens (including phenoxy) is 2. The maximum atomic E-state index is 5.50.